The summed E-state index contributed by atoms with van der Waals surface area (Å²) in [6.45, 7) is 5.81. The maximum absolute atomic E-state index is 14.6. The number of nitrogens with zero attached hydrogens (tertiary/aromatic N) is 3. The molecule has 1 fully saturated rings. The van der Waals surface area contributed by atoms with Gasteiger partial charge >= 0.3 is 0 Å². The van der Waals surface area contributed by atoms with Crippen molar-refractivity contribution in [1.82, 2.24) is 19.5 Å². The molecule has 0 aliphatic carbocycles. The number of anilines is 1. The molecule has 3 aromatic rings. The second-order valence-electron chi connectivity index (χ2n) is 8.23. The monoisotopic (exact) mass is 453 g/mol. The lowest BCUT2D eigenvalue weighted by atomic mass is 9.94. The van der Waals surface area contributed by atoms with Crippen LogP contribution in [0.15, 0.2) is 48.7 Å². The number of nitrogens with one attached hydrogen (secondary N) is 2. The number of morpholine rings is 1. The molecule has 0 radical (unpaired) electrons. The molecule has 2 aliphatic rings. The van der Waals surface area contributed by atoms with Crippen molar-refractivity contribution in [3.63, 3.8) is 0 Å². The zero-order chi connectivity index (χ0) is 21.9. The van der Waals surface area contributed by atoms with Gasteiger partial charge in [0.1, 0.15) is 5.82 Å². The summed E-state index contributed by atoms with van der Waals surface area (Å²) in [5, 5.41) is 4.51. The van der Waals surface area contributed by atoms with Crippen LogP contribution < -0.4 is 10.0 Å². The second kappa shape index (κ2) is 9.72. The third kappa shape index (κ3) is 4.46. The summed E-state index contributed by atoms with van der Waals surface area (Å²) in [6.07, 6.45) is 1.82. The van der Waals surface area contributed by atoms with Crippen molar-refractivity contribution in [1.29, 1.82) is 0 Å². The van der Waals surface area contributed by atoms with Crippen LogP contribution in [0.5, 0.6) is 0 Å². The van der Waals surface area contributed by atoms with Crippen molar-refractivity contribution in [2.75, 3.05) is 51.2 Å². The summed E-state index contributed by atoms with van der Waals surface area (Å²) in [5.74, 6) is -0.169. The molecule has 0 amide bonds. The van der Waals surface area contributed by atoms with Crippen molar-refractivity contribution in [2.24, 2.45) is 0 Å². The minimum atomic E-state index is -0.169. The van der Waals surface area contributed by atoms with Gasteiger partial charge in [-0.25, -0.2) is 8.70 Å². The van der Waals surface area contributed by atoms with Crippen LogP contribution in [0, 0.1) is 5.82 Å². The number of benzene rings is 2. The topological polar surface area (TPSA) is 52.7 Å². The van der Waals surface area contributed by atoms with Gasteiger partial charge in [0.2, 0.25) is 0 Å². The molecule has 5 rings (SSSR count). The number of pyridine rings is 1. The van der Waals surface area contributed by atoms with Crippen molar-refractivity contribution < 1.29 is 9.13 Å². The zero-order valence-corrected chi connectivity index (χ0v) is 19.0. The second-order valence-corrected chi connectivity index (χ2v) is 9.19. The average Bonchev–Trinajstić information content (AvgIpc) is 2.83. The Balaban J connectivity index is 1.35. The highest BCUT2D eigenvalue weighted by Crippen LogP contribution is 2.44. The molecule has 2 aromatic carbocycles. The molecule has 1 aromatic heterocycles. The van der Waals surface area contributed by atoms with Gasteiger partial charge in [-0.2, -0.15) is 0 Å². The van der Waals surface area contributed by atoms with E-state index in [1.807, 2.05) is 24.4 Å². The maximum Gasteiger partial charge on any atom is 0.127 e. The zero-order valence-electron chi connectivity index (χ0n) is 18.2. The summed E-state index contributed by atoms with van der Waals surface area (Å²) >= 11 is 1.54. The Hall–Kier alpha value is -2.23. The number of hydrogen-bond donors (Lipinski definition) is 2. The molecule has 0 saturated carbocycles. The van der Waals surface area contributed by atoms with E-state index in [0.717, 1.165) is 67.1 Å². The van der Waals surface area contributed by atoms with Crippen molar-refractivity contribution in [3.05, 3.63) is 71.2 Å². The fourth-order valence-corrected chi connectivity index (χ4v) is 5.23. The highest BCUT2D eigenvalue weighted by Gasteiger charge is 2.29. The number of aromatic nitrogens is 1. The first-order chi connectivity index (χ1) is 15.7. The lowest BCUT2D eigenvalue weighted by Crippen LogP contribution is -2.40. The van der Waals surface area contributed by atoms with E-state index in [1.165, 1.54) is 0 Å². The Morgan fingerprint density at radius 1 is 1.22 bits per heavy atom. The fourth-order valence-electron chi connectivity index (χ4n) is 4.44. The van der Waals surface area contributed by atoms with E-state index in [-0.39, 0.29) is 11.9 Å². The molecule has 8 heteroatoms. The number of halogens is 1. The first kappa shape index (κ1) is 21.6. The summed E-state index contributed by atoms with van der Waals surface area (Å²) in [7, 11) is 2.05. The Labute approximate surface area is 192 Å². The van der Waals surface area contributed by atoms with E-state index >= 15 is 0 Å². The van der Waals surface area contributed by atoms with E-state index < -0.39 is 0 Å². The smallest absolute Gasteiger partial charge is 0.127 e. The summed E-state index contributed by atoms with van der Waals surface area (Å²) in [5.41, 5.74) is 4.91. The molecule has 1 unspecified atom stereocenters. The van der Waals surface area contributed by atoms with E-state index in [9.17, 15) is 4.39 Å². The number of hydrogen-bond acceptors (Lipinski definition) is 7. The predicted octanol–water partition coefficient (Wildman–Crippen LogP) is 3.81. The van der Waals surface area contributed by atoms with E-state index in [2.05, 4.69) is 49.5 Å². The Morgan fingerprint density at radius 3 is 2.97 bits per heavy atom. The van der Waals surface area contributed by atoms with Gasteiger partial charge in [-0.3, -0.25) is 9.88 Å². The van der Waals surface area contributed by atoms with Crippen LogP contribution in [0.2, 0.25) is 0 Å². The summed E-state index contributed by atoms with van der Waals surface area (Å²) in [6, 6.07) is 13.8. The van der Waals surface area contributed by atoms with Crippen molar-refractivity contribution in [2.45, 2.75) is 12.6 Å². The highest BCUT2D eigenvalue weighted by atomic mass is 32.2. The van der Waals surface area contributed by atoms with Crippen LogP contribution in [-0.4, -0.2) is 60.6 Å². The quantitative estimate of drug-likeness (QED) is 0.435. The average molecular weight is 454 g/mol. The SMILES string of the molecule is CN1SNc2c(ccc3cccnc23)C1c1ccc(F)c(CNCCN2CCOCC2)c1. The molecule has 1 atom stereocenters. The van der Waals surface area contributed by atoms with Gasteiger partial charge in [-0.1, -0.05) is 24.3 Å². The fraction of sp³-hybridized carbons (Fsp3) is 0.375. The lowest BCUT2D eigenvalue weighted by Gasteiger charge is -2.34. The molecule has 0 bridgehead atoms. The lowest BCUT2D eigenvalue weighted by molar-refractivity contribution is 0.0384. The minimum absolute atomic E-state index is 0.00959. The van der Waals surface area contributed by atoms with Gasteiger partial charge < -0.3 is 14.8 Å². The third-order valence-corrected chi connectivity index (χ3v) is 6.96. The molecular weight excluding hydrogens is 425 g/mol. The minimum Gasteiger partial charge on any atom is -0.379 e. The predicted molar refractivity (Wildman–Crippen MR) is 128 cm³/mol. The Bertz CT molecular complexity index is 1090. The van der Waals surface area contributed by atoms with Gasteiger partial charge in [-0.05, 0) is 23.8 Å². The van der Waals surface area contributed by atoms with Crippen LogP contribution in [0.4, 0.5) is 10.1 Å². The summed E-state index contributed by atoms with van der Waals surface area (Å²) in [4.78, 5) is 6.97. The van der Waals surface area contributed by atoms with Crippen LogP contribution in [0.1, 0.15) is 22.7 Å². The van der Waals surface area contributed by atoms with Gasteiger partial charge in [0.15, 0.2) is 0 Å². The normalized spacial score (nSPS) is 19.6. The maximum atomic E-state index is 14.6. The molecule has 1 saturated heterocycles. The van der Waals surface area contributed by atoms with Gasteiger partial charge in [0.25, 0.3) is 0 Å². The molecule has 0 spiro atoms. The van der Waals surface area contributed by atoms with Gasteiger partial charge in [-0.15, -0.1) is 0 Å². The van der Waals surface area contributed by atoms with Gasteiger partial charge in [0, 0.05) is 74.6 Å². The Morgan fingerprint density at radius 2 is 2.09 bits per heavy atom. The van der Waals surface area contributed by atoms with E-state index in [1.54, 1.807) is 18.2 Å². The van der Waals surface area contributed by atoms with Crippen LogP contribution in [0.3, 0.4) is 0 Å². The van der Waals surface area contributed by atoms with Crippen LogP contribution >= 0.6 is 12.1 Å². The van der Waals surface area contributed by atoms with Crippen LogP contribution in [0.25, 0.3) is 10.9 Å². The first-order valence-electron chi connectivity index (χ1n) is 11.0. The molecule has 3 heterocycles. The van der Waals surface area contributed by atoms with Crippen LogP contribution in [-0.2, 0) is 11.3 Å². The van der Waals surface area contributed by atoms with Crippen molar-refractivity contribution in [3.8, 4) is 0 Å². The third-order valence-electron chi connectivity index (χ3n) is 6.17. The molecule has 2 N–H and O–H groups in total. The molecular formula is C24H28FN5OS. The van der Waals surface area contributed by atoms with Gasteiger partial charge in [0.05, 0.1) is 30.5 Å². The standard InChI is InChI=1S/C24H28FN5OS/c1-29-24(20-6-4-17-3-2-8-27-22(17)23(20)28-32-29)18-5-7-21(25)19(15-18)16-26-9-10-30-11-13-31-14-12-30/h2-8,15,24,26,28H,9-14,16H2,1H3. The first-order valence-corrected chi connectivity index (χ1v) is 11.8. The number of ether oxygens (including phenoxy) is 1. The summed E-state index contributed by atoms with van der Waals surface area (Å²) < 4.78 is 25.6. The largest absolute Gasteiger partial charge is 0.379 e. The molecule has 32 heavy (non-hydrogen) atoms. The molecule has 6 nitrogen and oxygen atoms in total. The number of fused-ring (bicyclic) bond motifs is 3. The van der Waals surface area contributed by atoms with E-state index in [4.69, 9.17) is 4.74 Å². The van der Waals surface area contributed by atoms with Crippen molar-refractivity contribution >= 4 is 28.7 Å². The highest BCUT2D eigenvalue weighted by molar-refractivity contribution is 7.98. The van der Waals surface area contributed by atoms with E-state index in [0.29, 0.717) is 12.1 Å². The molecule has 2 aliphatic heterocycles. The number of rotatable bonds is 6. The Kier molecular flexibility index (Phi) is 6.56. The molecule has 168 valence electrons.